The van der Waals surface area contributed by atoms with Crippen LogP contribution < -0.4 is 17.0 Å². The van der Waals surface area contributed by atoms with Gasteiger partial charge in [-0.25, -0.2) is 0 Å². The van der Waals surface area contributed by atoms with Gasteiger partial charge in [-0.05, 0) is 0 Å². The maximum Gasteiger partial charge on any atom is -1.00 e. The van der Waals surface area contributed by atoms with Crippen LogP contribution in [0.2, 0.25) is 4.55 Å². The SMILES string of the molecule is [2H]C[CH2][Mg+].[Br-]. The van der Waals surface area contributed by atoms with Gasteiger partial charge in [0, 0.05) is 0 Å². The van der Waals surface area contributed by atoms with Crippen molar-refractivity contribution in [1.82, 2.24) is 0 Å². The standard InChI is InChI=1S/C2H5.BrH.Mg/c1-2;;/h1H2,2H3;1H;/q;;+1/p-1/i2D;;. The van der Waals surface area contributed by atoms with E-state index >= 15 is 0 Å². The van der Waals surface area contributed by atoms with Crippen molar-refractivity contribution in [1.29, 1.82) is 0 Å². The first-order valence-electron chi connectivity index (χ1n) is 1.71. The third-order valence-corrected chi connectivity index (χ3v) is 0. The molecule has 0 amide bonds. The van der Waals surface area contributed by atoms with E-state index in [1.807, 2.05) is 21.7 Å². The molecule has 0 bridgehead atoms. The van der Waals surface area contributed by atoms with Crippen LogP contribution in [0.5, 0.6) is 0 Å². The quantitative estimate of drug-likeness (QED) is 0.324. The average Bonchev–Trinajstić information content (AvgIpc) is 1.37. The second kappa shape index (κ2) is 8.87. The van der Waals surface area contributed by atoms with Gasteiger partial charge >= 0.3 is 34.5 Å². The van der Waals surface area contributed by atoms with Gasteiger partial charge in [0.25, 0.3) is 0 Å². The Hall–Kier alpha value is 1.25. The third kappa shape index (κ3) is 10.5. The van der Waals surface area contributed by atoms with Gasteiger partial charge in [0.15, 0.2) is 0 Å². The largest absolute Gasteiger partial charge is 1.00 e. The Kier molecular flexibility index (Phi) is 11.6. The smallest absolute Gasteiger partial charge is 1.00 e. The van der Waals surface area contributed by atoms with Crippen molar-refractivity contribution >= 4 is 21.7 Å². The number of hydrogen-bond donors (Lipinski definition) is 0. The van der Waals surface area contributed by atoms with E-state index in [-0.39, 0.29) is 17.0 Å². The summed E-state index contributed by atoms with van der Waals surface area (Å²) >= 11 is 1.83. The van der Waals surface area contributed by atoms with Crippen LogP contribution in [-0.4, -0.2) is 21.7 Å². The summed E-state index contributed by atoms with van der Waals surface area (Å²) in [5, 5.41) is 0. The van der Waals surface area contributed by atoms with E-state index in [0.717, 1.165) is 4.55 Å². The zero-order valence-corrected chi connectivity index (χ0v) is 5.50. The van der Waals surface area contributed by atoms with Crippen molar-refractivity contribution < 1.29 is 18.4 Å². The van der Waals surface area contributed by atoms with Gasteiger partial charge in [-0.2, -0.15) is 0 Å². The second-order valence-corrected chi connectivity index (χ2v) is 1.06. The summed E-state index contributed by atoms with van der Waals surface area (Å²) in [4.78, 5) is 0. The fourth-order valence-electron chi connectivity index (χ4n) is 0. The molecule has 0 rings (SSSR count). The molecule has 0 atom stereocenters. The maximum atomic E-state index is 6.46. The van der Waals surface area contributed by atoms with Crippen LogP contribution in [0.3, 0.4) is 0 Å². The van der Waals surface area contributed by atoms with Crippen LogP contribution in [0.25, 0.3) is 0 Å². The van der Waals surface area contributed by atoms with Gasteiger partial charge in [-0.3, -0.25) is 0 Å². The first-order chi connectivity index (χ1) is 1.91. The van der Waals surface area contributed by atoms with Crippen LogP contribution in [0.1, 0.15) is 8.27 Å². The minimum absolute atomic E-state index is 0. The zero-order valence-electron chi connectivity index (χ0n) is 3.50. The van der Waals surface area contributed by atoms with Crippen molar-refractivity contribution in [3.05, 3.63) is 0 Å². The van der Waals surface area contributed by atoms with E-state index in [4.69, 9.17) is 1.37 Å². The number of halogens is 1. The van der Waals surface area contributed by atoms with Gasteiger partial charge < -0.3 is 17.0 Å². The van der Waals surface area contributed by atoms with Crippen LogP contribution >= 0.6 is 0 Å². The summed E-state index contributed by atoms with van der Waals surface area (Å²) in [6, 6.07) is 0. The van der Waals surface area contributed by atoms with Gasteiger partial charge in [-0.15, -0.1) is 0 Å². The Bertz CT molecular complexity index is 11.6. The predicted octanol–water partition coefficient (Wildman–Crippen LogP) is -2.40. The van der Waals surface area contributed by atoms with E-state index in [0.29, 0.717) is 6.90 Å². The Morgan fingerprint density at radius 3 is 2.50 bits per heavy atom. The molecule has 0 aliphatic heterocycles. The molecule has 0 unspecified atom stereocenters. The minimum Gasteiger partial charge on any atom is -1.00 e. The molecule has 0 spiro atoms. The van der Waals surface area contributed by atoms with Crippen molar-refractivity contribution in [3.63, 3.8) is 0 Å². The molecule has 0 aliphatic carbocycles. The number of hydrogen-bond acceptors (Lipinski definition) is 0. The van der Waals surface area contributed by atoms with Crippen LogP contribution in [0, 0.1) is 0 Å². The fourth-order valence-corrected chi connectivity index (χ4v) is 0. The van der Waals surface area contributed by atoms with Crippen molar-refractivity contribution in [2.24, 2.45) is 0 Å². The molecule has 0 heterocycles. The van der Waals surface area contributed by atoms with Crippen molar-refractivity contribution in [2.45, 2.75) is 11.4 Å². The summed E-state index contributed by atoms with van der Waals surface area (Å²) in [5.74, 6) is 0. The molecular weight excluding hydrogens is 128 g/mol. The van der Waals surface area contributed by atoms with E-state index < -0.39 is 0 Å². The molecule has 0 aromatic rings. The normalized spacial score (nSPS) is 8.00. The fraction of sp³-hybridized carbons (Fsp3) is 1.00. The molecule has 0 nitrogen and oxygen atoms in total. The average molecular weight is 134 g/mol. The summed E-state index contributed by atoms with van der Waals surface area (Å²) in [5.41, 5.74) is 0. The van der Waals surface area contributed by atoms with Crippen molar-refractivity contribution in [3.8, 4) is 0 Å². The van der Waals surface area contributed by atoms with Gasteiger partial charge in [0.2, 0.25) is 0 Å². The molecule has 22 valence electrons. The molecular formula is C2H5BrMg. The topological polar surface area (TPSA) is 0 Å². The monoisotopic (exact) mass is 133 g/mol. The molecule has 0 aromatic carbocycles. The predicted molar refractivity (Wildman–Crippen MR) is 16.2 cm³/mol. The van der Waals surface area contributed by atoms with Crippen LogP contribution in [0.15, 0.2) is 0 Å². The Morgan fingerprint density at radius 1 is 2.25 bits per heavy atom. The minimum atomic E-state index is 0. The molecule has 0 aliphatic rings. The second-order valence-electron chi connectivity index (χ2n) is 0.354. The molecule has 0 aromatic heterocycles. The van der Waals surface area contributed by atoms with Crippen LogP contribution in [-0.2, 0) is 0 Å². The summed E-state index contributed by atoms with van der Waals surface area (Å²) in [6.07, 6.45) is 0. The number of rotatable bonds is 0. The molecule has 0 radical (unpaired) electrons. The van der Waals surface area contributed by atoms with E-state index in [1.54, 1.807) is 0 Å². The molecule has 2 heteroatoms. The van der Waals surface area contributed by atoms with Gasteiger partial charge in [0.1, 0.15) is 0 Å². The van der Waals surface area contributed by atoms with Gasteiger partial charge in [0.05, 0.1) is 0 Å². The first-order valence-corrected chi connectivity index (χ1v) is 2.00. The Morgan fingerprint density at radius 2 is 2.50 bits per heavy atom. The summed E-state index contributed by atoms with van der Waals surface area (Å²) < 4.78 is 7.47. The third-order valence-electron chi connectivity index (χ3n) is 0. The van der Waals surface area contributed by atoms with Crippen molar-refractivity contribution in [2.75, 3.05) is 0 Å². The zero-order chi connectivity index (χ0) is 3.41. The molecule has 0 fully saturated rings. The molecule has 4 heavy (non-hydrogen) atoms. The summed E-state index contributed by atoms with van der Waals surface area (Å²) in [7, 11) is 0. The Balaban J connectivity index is 0. The molecule has 0 saturated carbocycles. The van der Waals surface area contributed by atoms with E-state index in [2.05, 4.69) is 0 Å². The molecule has 0 saturated heterocycles. The van der Waals surface area contributed by atoms with E-state index in [1.165, 1.54) is 0 Å². The summed E-state index contributed by atoms with van der Waals surface area (Å²) in [6.45, 7) is 0.582. The molecule has 0 N–H and O–H groups in total. The maximum absolute atomic E-state index is 6.46. The van der Waals surface area contributed by atoms with Gasteiger partial charge in [-0.1, -0.05) is 0 Å². The van der Waals surface area contributed by atoms with Crippen LogP contribution in [0.4, 0.5) is 0 Å². The first kappa shape index (κ1) is 5.25. The van der Waals surface area contributed by atoms with E-state index in [9.17, 15) is 0 Å². The Labute approximate surface area is 51.6 Å².